The molecular formula is C14H19N3O3. The van der Waals surface area contributed by atoms with Gasteiger partial charge in [0.15, 0.2) is 0 Å². The van der Waals surface area contributed by atoms with E-state index in [0.29, 0.717) is 6.54 Å². The Morgan fingerprint density at radius 1 is 1.30 bits per heavy atom. The number of benzene rings is 1. The van der Waals surface area contributed by atoms with E-state index in [1.807, 2.05) is 0 Å². The Morgan fingerprint density at radius 2 is 2.05 bits per heavy atom. The minimum absolute atomic E-state index is 0.0389. The van der Waals surface area contributed by atoms with Crippen LogP contribution in [0.3, 0.4) is 0 Å². The van der Waals surface area contributed by atoms with E-state index in [4.69, 9.17) is 0 Å². The lowest BCUT2D eigenvalue weighted by molar-refractivity contribution is -0.384. The van der Waals surface area contributed by atoms with Crippen LogP contribution in [0.2, 0.25) is 0 Å². The Kier molecular flexibility index (Phi) is 4.92. The first-order chi connectivity index (χ1) is 9.65. The van der Waals surface area contributed by atoms with Gasteiger partial charge in [0.25, 0.3) is 5.69 Å². The van der Waals surface area contributed by atoms with Gasteiger partial charge < -0.3 is 10.6 Å². The van der Waals surface area contributed by atoms with E-state index in [2.05, 4.69) is 10.6 Å². The van der Waals surface area contributed by atoms with Crippen LogP contribution in [0.5, 0.6) is 0 Å². The Bertz CT molecular complexity index is 484. The monoisotopic (exact) mass is 277 g/mol. The SMILES string of the molecule is O=C(NCc1cccc([N+](=O)[O-])c1)NC1CCCCC1. The van der Waals surface area contributed by atoms with Gasteiger partial charge in [-0.05, 0) is 18.4 Å². The summed E-state index contributed by atoms with van der Waals surface area (Å²) in [5.74, 6) is 0. The summed E-state index contributed by atoms with van der Waals surface area (Å²) in [6, 6.07) is 6.34. The van der Waals surface area contributed by atoms with E-state index in [0.717, 1.165) is 31.2 Å². The van der Waals surface area contributed by atoms with Crippen molar-refractivity contribution in [3.05, 3.63) is 39.9 Å². The fourth-order valence-corrected chi connectivity index (χ4v) is 2.45. The molecule has 0 bridgehead atoms. The number of amides is 2. The Hall–Kier alpha value is -2.11. The molecule has 1 aromatic rings. The van der Waals surface area contributed by atoms with Crippen LogP contribution in [0.1, 0.15) is 37.7 Å². The number of hydrogen-bond acceptors (Lipinski definition) is 3. The molecule has 2 rings (SSSR count). The molecule has 0 aromatic heterocycles. The van der Waals surface area contributed by atoms with Gasteiger partial charge in [0.1, 0.15) is 0 Å². The molecule has 0 unspecified atom stereocenters. The van der Waals surface area contributed by atoms with Crippen molar-refractivity contribution >= 4 is 11.7 Å². The van der Waals surface area contributed by atoms with Crippen molar-refractivity contribution in [2.75, 3.05) is 0 Å². The highest BCUT2D eigenvalue weighted by molar-refractivity contribution is 5.74. The summed E-state index contributed by atoms with van der Waals surface area (Å²) < 4.78 is 0. The number of nitro benzene ring substituents is 1. The molecular weight excluding hydrogens is 258 g/mol. The van der Waals surface area contributed by atoms with Gasteiger partial charge in [-0.1, -0.05) is 31.4 Å². The molecule has 6 nitrogen and oxygen atoms in total. The van der Waals surface area contributed by atoms with Crippen molar-refractivity contribution in [3.63, 3.8) is 0 Å². The van der Waals surface area contributed by atoms with Gasteiger partial charge >= 0.3 is 6.03 Å². The zero-order valence-corrected chi connectivity index (χ0v) is 11.3. The summed E-state index contributed by atoms with van der Waals surface area (Å²) in [7, 11) is 0. The number of non-ortho nitro benzene ring substituents is 1. The third-order valence-corrected chi connectivity index (χ3v) is 3.51. The Morgan fingerprint density at radius 3 is 2.75 bits per heavy atom. The Labute approximate surface area is 117 Å². The zero-order chi connectivity index (χ0) is 14.4. The van der Waals surface area contributed by atoms with Crippen molar-refractivity contribution in [1.82, 2.24) is 10.6 Å². The average molecular weight is 277 g/mol. The highest BCUT2D eigenvalue weighted by Crippen LogP contribution is 2.17. The third kappa shape index (κ3) is 4.22. The number of nitrogens with zero attached hydrogens (tertiary/aromatic N) is 1. The lowest BCUT2D eigenvalue weighted by Crippen LogP contribution is -2.42. The van der Waals surface area contributed by atoms with Crippen LogP contribution in [0.4, 0.5) is 10.5 Å². The molecule has 2 N–H and O–H groups in total. The normalized spacial score (nSPS) is 15.6. The number of carbonyl (C=O) groups excluding carboxylic acids is 1. The van der Waals surface area contributed by atoms with Crippen molar-refractivity contribution in [3.8, 4) is 0 Å². The van der Waals surface area contributed by atoms with Crippen LogP contribution in [-0.4, -0.2) is 17.0 Å². The van der Waals surface area contributed by atoms with E-state index in [1.54, 1.807) is 12.1 Å². The quantitative estimate of drug-likeness (QED) is 0.655. The number of urea groups is 1. The highest BCUT2D eigenvalue weighted by Gasteiger charge is 2.15. The van der Waals surface area contributed by atoms with E-state index < -0.39 is 4.92 Å². The molecule has 1 saturated carbocycles. The van der Waals surface area contributed by atoms with Gasteiger partial charge in [0.05, 0.1) is 4.92 Å². The summed E-state index contributed by atoms with van der Waals surface area (Å²) in [4.78, 5) is 22.0. The van der Waals surface area contributed by atoms with E-state index in [9.17, 15) is 14.9 Å². The van der Waals surface area contributed by atoms with Crippen LogP contribution < -0.4 is 10.6 Å². The van der Waals surface area contributed by atoms with Crippen molar-refractivity contribution in [2.24, 2.45) is 0 Å². The van der Waals surface area contributed by atoms with Crippen LogP contribution in [-0.2, 0) is 6.54 Å². The molecule has 1 fully saturated rings. The summed E-state index contributed by atoms with van der Waals surface area (Å²) in [6.07, 6.45) is 5.63. The lowest BCUT2D eigenvalue weighted by Gasteiger charge is -2.22. The number of nitro groups is 1. The first kappa shape index (κ1) is 14.3. The zero-order valence-electron chi connectivity index (χ0n) is 11.3. The molecule has 0 radical (unpaired) electrons. The van der Waals surface area contributed by atoms with Crippen molar-refractivity contribution in [1.29, 1.82) is 0 Å². The smallest absolute Gasteiger partial charge is 0.315 e. The second-order valence-electron chi connectivity index (χ2n) is 5.09. The van der Waals surface area contributed by atoms with Gasteiger partial charge in [-0.15, -0.1) is 0 Å². The number of nitrogens with one attached hydrogen (secondary N) is 2. The first-order valence-electron chi connectivity index (χ1n) is 6.93. The molecule has 0 aliphatic heterocycles. The standard InChI is InChI=1S/C14H19N3O3/c18-14(16-12-6-2-1-3-7-12)15-10-11-5-4-8-13(9-11)17(19)20/h4-5,8-9,12H,1-3,6-7,10H2,(H2,15,16,18). The van der Waals surface area contributed by atoms with Crippen LogP contribution >= 0.6 is 0 Å². The number of hydrogen-bond donors (Lipinski definition) is 2. The van der Waals surface area contributed by atoms with Crippen molar-refractivity contribution in [2.45, 2.75) is 44.7 Å². The van der Waals surface area contributed by atoms with Gasteiger partial charge in [0.2, 0.25) is 0 Å². The summed E-state index contributed by atoms with van der Waals surface area (Å²) in [6.45, 7) is 0.292. The maximum atomic E-state index is 11.7. The fourth-order valence-electron chi connectivity index (χ4n) is 2.45. The maximum absolute atomic E-state index is 11.7. The molecule has 1 aliphatic carbocycles. The maximum Gasteiger partial charge on any atom is 0.315 e. The molecule has 2 amide bonds. The van der Waals surface area contributed by atoms with Gasteiger partial charge in [-0.3, -0.25) is 10.1 Å². The summed E-state index contributed by atoms with van der Waals surface area (Å²) >= 11 is 0. The predicted molar refractivity (Wildman–Crippen MR) is 75.3 cm³/mol. The third-order valence-electron chi connectivity index (χ3n) is 3.51. The lowest BCUT2D eigenvalue weighted by atomic mass is 9.96. The van der Waals surface area contributed by atoms with E-state index >= 15 is 0 Å². The largest absolute Gasteiger partial charge is 0.335 e. The van der Waals surface area contributed by atoms with Crippen LogP contribution in [0, 0.1) is 10.1 Å². The molecule has 0 spiro atoms. The molecule has 20 heavy (non-hydrogen) atoms. The second kappa shape index (κ2) is 6.88. The second-order valence-corrected chi connectivity index (χ2v) is 5.09. The van der Waals surface area contributed by atoms with Crippen LogP contribution in [0.15, 0.2) is 24.3 Å². The van der Waals surface area contributed by atoms with Crippen molar-refractivity contribution < 1.29 is 9.72 Å². The summed E-state index contributed by atoms with van der Waals surface area (Å²) in [5, 5.41) is 16.3. The molecule has 108 valence electrons. The minimum Gasteiger partial charge on any atom is -0.335 e. The Balaban J connectivity index is 1.80. The molecule has 0 atom stereocenters. The molecule has 6 heteroatoms. The highest BCUT2D eigenvalue weighted by atomic mass is 16.6. The number of carbonyl (C=O) groups is 1. The minimum atomic E-state index is -0.439. The average Bonchev–Trinajstić information content (AvgIpc) is 2.46. The van der Waals surface area contributed by atoms with Crippen LogP contribution in [0.25, 0.3) is 0 Å². The molecule has 1 aliphatic rings. The molecule has 1 aromatic carbocycles. The van der Waals surface area contributed by atoms with Gasteiger partial charge in [-0.25, -0.2) is 4.79 Å². The topological polar surface area (TPSA) is 84.3 Å². The predicted octanol–water partition coefficient (Wildman–Crippen LogP) is 2.73. The van der Waals surface area contributed by atoms with E-state index in [-0.39, 0.29) is 17.8 Å². The molecule has 0 saturated heterocycles. The molecule has 0 heterocycles. The van der Waals surface area contributed by atoms with E-state index in [1.165, 1.54) is 18.6 Å². The van der Waals surface area contributed by atoms with Gasteiger partial charge in [0, 0.05) is 24.7 Å². The first-order valence-corrected chi connectivity index (χ1v) is 6.93. The fraction of sp³-hybridized carbons (Fsp3) is 0.500. The summed E-state index contributed by atoms with van der Waals surface area (Å²) in [5.41, 5.74) is 0.759. The number of rotatable bonds is 4. The van der Waals surface area contributed by atoms with Gasteiger partial charge in [-0.2, -0.15) is 0 Å².